The average Bonchev–Trinajstić information content (AvgIpc) is 3.24. The molecule has 106 valence electrons. The van der Waals surface area contributed by atoms with Crippen molar-refractivity contribution in [3.8, 4) is 0 Å². The number of benzene rings is 2. The molecule has 2 aliphatic rings. The molecule has 3 atom stereocenters. The van der Waals surface area contributed by atoms with Crippen molar-refractivity contribution in [1.82, 2.24) is 0 Å². The number of carbonyl (C=O) groups excluding carboxylic acids is 1. The number of hydrogen-bond acceptors (Lipinski definition) is 2. The summed E-state index contributed by atoms with van der Waals surface area (Å²) in [4.78, 5) is 12.7. The number of halogens is 1. The summed E-state index contributed by atoms with van der Waals surface area (Å²) in [6.45, 7) is 0. The predicted molar refractivity (Wildman–Crippen MR) is 84.7 cm³/mol. The lowest BCUT2D eigenvalue weighted by molar-refractivity contribution is 0.0959. The summed E-state index contributed by atoms with van der Waals surface area (Å²) in [6.07, 6.45) is 2.20. The van der Waals surface area contributed by atoms with E-state index in [4.69, 9.17) is 17.3 Å². The first-order valence-electron chi connectivity index (χ1n) is 7.34. The lowest BCUT2D eigenvalue weighted by atomic mass is 9.92. The second kappa shape index (κ2) is 4.60. The van der Waals surface area contributed by atoms with E-state index in [2.05, 4.69) is 24.3 Å². The largest absolute Gasteiger partial charge is 0.398 e. The molecular formula is C18H16ClNO. The first-order chi connectivity index (χ1) is 10.2. The van der Waals surface area contributed by atoms with Crippen LogP contribution in [0.4, 0.5) is 5.69 Å². The van der Waals surface area contributed by atoms with Crippen molar-refractivity contribution in [3.05, 3.63) is 64.2 Å². The molecule has 3 heteroatoms. The van der Waals surface area contributed by atoms with Crippen molar-refractivity contribution in [3.63, 3.8) is 0 Å². The normalized spacial score (nSPS) is 25.9. The second-order valence-corrected chi connectivity index (χ2v) is 6.46. The molecule has 4 rings (SSSR count). The maximum absolute atomic E-state index is 12.7. The van der Waals surface area contributed by atoms with Gasteiger partial charge >= 0.3 is 0 Å². The van der Waals surface area contributed by atoms with Crippen LogP contribution in [0.15, 0.2) is 42.5 Å². The Morgan fingerprint density at radius 1 is 1.19 bits per heavy atom. The standard InChI is InChI=1S/C18H16ClNO/c19-14-9-11(6-8-15(14)20)18(21)17-13-7-5-10-3-1-2-4-12(10)16(13)17/h1-4,6,8-9,13,16-17H,5,7,20H2. The van der Waals surface area contributed by atoms with Crippen molar-refractivity contribution in [2.45, 2.75) is 18.8 Å². The maximum Gasteiger partial charge on any atom is 0.166 e. The van der Waals surface area contributed by atoms with Crippen LogP contribution in [0.2, 0.25) is 5.02 Å². The second-order valence-electron chi connectivity index (χ2n) is 6.05. The van der Waals surface area contributed by atoms with Gasteiger partial charge in [0.25, 0.3) is 0 Å². The van der Waals surface area contributed by atoms with Gasteiger partial charge in [0.05, 0.1) is 10.7 Å². The molecule has 0 aromatic heterocycles. The first-order valence-corrected chi connectivity index (χ1v) is 7.71. The van der Waals surface area contributed by atoms with Crippen molar-refractivity contribution in [2.75, 3.05) is 5.73 Å². The average molecular weight is 298 g/mol. The molecule has 0 saturated heterocycles. The third-order valence-corrected chi connectivity index (χ3v) is 5.24. The lowest BCUT2D eigenvalue weighted by Gasteiger charge is -2.13. The van der Waals surface area contributed by atoms with Crippen LogP contribution in [0.3, 0.4) is 0 Å². The fourth-order valence-electron chi connectivity index (χ4n) is 3.80. The molecule has 1 saturated carbocycles. The van der Waals surface area contributed by atoms with E-state index in [-0.39, 0.29) is 11.7 Å². The summed E-state index contributed by atoms with van der Waals surface area (Å²) in [5.74, 6) is 1.24. The molecule has 0 heterocycles. The summed E-state index contributed by atoms with van der Waals surface area (Å²) in [5.41, 5.74) is 9.70. The SMILES string of the molecule is Nc1ccc(C(=O)C2C3CCc4ccccc4C32)cc1Cl. The maximum atomic E-state index is 12.7. The van der Waals surface area contributed by atoms with Crippen LogP contribution in [0.25, 0.3) is 0 Å². The molecule has 2 aromatic carbocycles. The summed E-state index contributed by atoms with van der Waals surface area (Å²) < 4.78 is 0. The minimum Gasteiger partial charge on any atom is -0.398 e. The van der Waals surface area contributed by atoms with Gasteiger partial charge in [0.15, 0.2) is 5.78 Å². The Hall–Kier alpha value is -1.80. The smallest absolute Gasteiger partial charge is 0.166 e. The molecule has 0 aliphatic heterocycles. The molecule has 2 N–H and O–H groups in total. The topological polar surface area (TPSA) is 43.1 Å². The van der Waals surface area contributed by atoms with Gasteiger partial charge < -0.3 is 5.73 Å². The first kappa shape index (κ1) is 12.9. The van der Waals surface area contributed by atoms with Gasteiger partial charge in [-0.05, 0) is 54.0 Å². The highest BCUT2D eigenvalue weighted by Crippen LogP contribution is 2.60. The van der Waals surface area contributed by atoms with Crippen molar-refractivity contribution in [1.29, 1.82) is 0 Å². The summed E-state index contributed by atoms with van der Waals surface area (Å²) >= 11 is 6.04. The molecule has 0 amide bonds. The third kappa shape index (κ3) is 1.97. The molecule has 2 aromatic rings. The summed E-state index contributed by atoms with van der Waals surface area (Å²) in [5, 5.41) is 0.463. The van der Waals surface area contributed by atoms with E-state index in [1.807, 2.05) is 0 Å². The number of carbonyl (C=O) groups is 1. The van der Waals surface area contributed by atoms with Crippen LogP contribution in [0.1, 0.15) is 33.8 Å². The highest BCUT2D eigenvalue weighted by atomic mass is 35.5. The molecule has 0 radical (unpaired) electrons. The van der Waals surface area contributed by atoms with Crippen molar-refractivity contribution < 1.29 is 4.79 Å². The van der Waals surface area contributed by atoms with Gasteiger partial charge in [-0.1, -0.05) is 35.9 Å². The van der Waals surface area contributed by atoms with Crippen LogP contribution < -0.4 is 5.73 Å². The van der Waals surface area contributed by atoms with Gasteiger partial charge in [0, 0.05) is 11.5 Å². The van der Waals surface area contributed by atoms with E-state index < -0.39 is 0 Å². The zero-order valence-electron chi connectivity index (χ0n) is 11.6. The Morgan fingerprint density at radius 3 is 2.81 bits per heavy atom. The van der Waals surface area contributed by atoms with Gasteiger partial charge in [0.1, 0.15) is 0 Å². The minimum absolute atomic E-state index is 0.119. The zero-order chi connectivity index (χ0) is 14.6. The Bertz CT molecular complexity index is 740. The Morgan fingerprint density at radius 2 is 2.00 bits per heavy atom. The van der Waals surface area contributed by atoms with E-state index in [0.717, 1.165) is 12.8 Å². The number of Topliss-reactive ketones (excluding diaryl/α,β-unsaturated/α-hetero) is 1. The van der Waals surface area contributed by atoms with Gasteiger partial charge in [-0.3, -0.25) is 4.79 Å². The van der Waals surface area contributed by atoms with Crippen LogP contribution in [0, 0.1) is 11.8 Å². The molecular weight excluding hydrogens is 282 g/mol. The monoisotopic (exact) mass is 297 g/mol. The Kier molecular flexibility index (Phi) is 2.83. The molecule has 2 nitrogen and oxygen atoms in total. The number of anilines is 1. The van der Waals surface area contributed by atoms with Crippen LogP contribution in [0.5, 0.6) is 0 Å². The Labute approximate surface area is 128 Å². The number of nitrogens with two attached hydrogens (primary N) is 1. The number of nitrogen functional groups attached to an aromatic ring is 1. The van der Waals surface area contributed by atoms with Gasteiger partial charge in [-0.2, -0.15) is 0 Å². The molecule has 3 unspecified atom stereocenters. The van der Waals surface area contributed by atoms with E-state index in [0.29, 0.717) is 28.1 Å². The van der Waals surface area contributed by atoms with Crippen molar-refractivity contribution >= 4 is 23.1 Å². The number of ketones is 1. The number of hydrogen-bond donors (Lipinski definition) is 1. The molecule has 1 fully saturated rings. The van der Waals surface area contributed by atoms with E-state index >= 15 is 0 Å². The fraction of sp³-hybridized carbons (Fsp3) is 0.278. The summed E-state index contributed by atoms with van der Waals surface area (Å²) in [6, 6.07) is 13.7. The molecule has 0 bridgehead atoms. The van der Waals surface area contributed by atoms with E-state index in [1.54, 1.807) is 18.2 Å². The number of fused-ring (bicyclic) bond motifs is 3. The molecule has 2 aliphatic carbocycles. The highest BCUT2D eigenvalue weighted by molar-refractivity contribution is 6.33. The van der Waals surface area contributed by atoms with Crippen LogP contribution >= 0.6 is 11.6 Å². The fourth-order valence-corrected chi connectivity index (χ4v) is 3.98. The van der Waals surface area contributed by atoms with Crippen LogP contribution in [-0.2, 0) is 6.42 Å². The zero-order valence-corrected chi connectivity index (χ0v) is 12.3. The minimum atomic E-state index is 0.119. The van der Waals surface area contributed by atoms with Crippen LogP contribution in [-0.4, -0.2) is 5.78 Å². The van der Waals surface area contributed by atoms with Crippen molar-refractivity contribution in [2.24, 2.45) is 11.8 Å². The molecule has 21 heavy (non-hydrogen) atoms. The predicted octanol–water partition coefficient (Wildman–Crippen LogP) is 4.08. The Balaban J connectivity index is 1.65. The lowest BCUT2D eigenvalue weighted by Crippen LogP contribution is -2.04. The van der Waals surface area contributed by atoms with Gasteiger partial charge in [-0.15, -0.1) is 0 Å². The van der Waals surface area contributed by atoms with E-state index in [1.165, 1.54) is 11.1 Å². The number of rotatable bonds is 2. The summed E-state index contributed by atoms with van der Waals surface area (Å²) in [7, 11) is 0. The van der Waals surface area contributed by atoms with E-state index in [9.17, 15) is 4.79 Å². The highest BCUT2D eigenvalue weighted by Gasteiger charge is 2.56. The molecule has 0 spiro atoms. The quantitative estimate of drug-likeness (QED) is 0.670. The van der Waals surface area contributed by atoms with Gasteiger partial charge in [-0.25, -0.2) is 0 Å². The number of aryl methyl sites for hydroxylation is 1. The third-order valence-electron chi connectivity index (χ3n) is 4.92. The van der Waals surface area contributed by atoms with Gasteiger partial charge in [0.2, 0.25) is 0 Å².